The van der Waals surface area contributed by atoms with Gasteiger partial charge in [0.1, 0.15) is 5.76 Å². The summed E-state index contributed by atoms with van der Waals surface area (Å²) in [5.41, 5.74) is 4.51. The Hall–Kier alpha value is -0.960. The summed E-state index contributed by atoms with van der Waals surface area (Å²) in [6, 6.07) is 0. The molecule has 0 spiro atoms. The molecule has 1 aromatic heterocycles. The molecule has 1 aliphatic rings. The van der Waals surface area contributed by atoms with E-state index in [9.17, 15) is 4.79 Å². The normalized spacial score (nSPS) is 15.7. The Morgan fingerprint density at radius 2 is 2.18 bits per heavy atom. The van der Waals surface area contributed by atoms with E-state index in [0.29, 0.717) is 6.42 Å². The van der Waals surface area contributed by atoms with Crippen molar-refractivity contribution >= 4 is 23.1 Å². The third-order valence-corrected chi connectivity index (χ3v) is 4.29. The maximum atomic E-state index is 11.9. The lowest BCUT2D eigenvalue weighted by molar-refractivity contribution is -0.115. The van der Waals surface area contributed by atoms with Crippen LogP contribution in [-0.4, -0.2) is 11.5 Å². The van der Waals surface area contributed by atoms with Crippen LogP contribution in [0.25, 0.3) is 5.57 Å². The van der Waals surface area contributed by atoms with Crippen molar-refractivity contribution in [2.45, 2.75) is 39.4 Å². The number of aryl methyl sites for hydroxylation is 1. The van der Waals surface area contributed by atoms with E-state index in [4.69, 9.17) is 4.42 Å². The lowest BCUT2D eigenvalue weighted by Gasteiger charge is -2.05. The number of furan rings is 1. The third-order valence-electron chi connectivity index (χ3n) is 3.31. The molecule has 17 heavy (non-hydrogen) atoms. The molecule has 2 heterocycles. The average Bonchev–Trinajstić information content (AvgIpc) is 2.68. The van der Waals surface area contributed by atoms with Crippen LogP contribution in [0.5, 0.6) is 0 Å². The molecule has 0 radical (unpaired) electrons. The highest BCUT2D eigenvalue weighted by Crippen LogP contribution is 2.35. The Balaban J connectivity index is 2.50. The number of rotatable bonds is 3. The van der Waals surface area contributed by atoms with Crippen molar-refractivity contribution in [3.05, 3.63) is 28.7 Å². The van der Waals surface area contributed by atoms with Crippen molar-refractivity contribution in [2.75, 3.05) is 5.75 Å². The second-order valence-electron chi connectivity index (χ2n) is 4.28. The monoisotopic (exact) mass is 250 g/mol. The Kier molecular flexibility index (Phi) is 3.77. The highest BCUT2D eigenvalue weighted by Gasteiger charge is 2.22. The second-order valence-corrected chi connectivity index (χ2v) is 5.26. The van der Waals surface area contributed by atoms with Crippen molar-refractivity contribution in [1.29, 1.82) is 0 Å². The van der Waals surface area contributed by atoms with Crippen molar-refractivity contribution in [1.82, 2.24) is 0 Å². The largest absolute Gasteiger partial charge is 0.468 e. The maximum Gasteiger partial charge on any atom is 0.159 e. The van der Waals surface area contributed by atoms with Crippen LogP contribution in [0.15, 0.2) is 16.3 Å². The van der Waals surface area contributed by atoms with Gasteiger partial charge in [0.15, 0.2) is 5.78 Å². The summed E-state index contributed by atoms with van der Waals surface area (Å²) in [6.07, 6.45) is 3.32. The van der Waals surface area contributed by atoms with E-state index in [1.54, 1.807) is 0 Å². The van der Waals surface area contributed by atoms with Gasteiger partial charge in [-0.05, 0) is 12.5 Å². The Labute approximate surface area is 106 Å². The summed E-state index contributed by atoms with van der Waals surface area (Å²) >= 11 is 1.81. The van der Waals surface area contributed by atoms with E-state index in [-0.39, 0.29) is 5.78 Å². The first-order chi connectivity index (χ1) is 8.19. The van der Waals surface area contributed by atoms with Crippen molar-refractivity contribution in [3.8, 4) is 0 Å². The summed E-state index contributed by atoms with van der Waals surface area (Å²) < 4.78 is 5.60. The van der Waals surface area contributed by atoms with Gasteiger partial charge in [-0.2, -0.15) is 11.8 Å². The molecule has 0 fully saturated rings. The van der Waals surface area contributed by atoms with Crippen LogP contribution in [0, 0.1) is 0 Å². The number of ketones is 1. The molecule has 0 saturated heterocycles. The lowest BCUT2D eigenvalue weighted by atomic mass is 9.97. The standard InChI is InChI=1S/C14H18O2S/c1-4-13(15)11-7-17-8-12-10(9(11)3)6-16-14(12)5-2/h6H,4-5,7-8H2,1-3H3. The summed E-state index contributed by atoms with van der Waals surface area (Å²) in [7, 11) is 0. The molecule has 1 aromatic rings. The van der Waals surface area contributed by atoms with E-state index in [2.05, 4.69) is 6.92 Å². The average molecular weight is 250 g/mol. The number of fused-ring (bicyclic) bond motifs is 1. The fourth-order valence-corrected chi connectivity index (χ4v) is 3.43. The number of carbonyl (C=O) groups is 1. The van der Waals surface area contributed by atoms with E-state index in [1.165, 1.54) is 5.56 Å². The first-order valence-electron chi connectivity index (χ1n) is 6.09. The summed E-state index contributed by atoms with van der Waals surface area (Å²) in [5.74, 6) is 3.11. The van der Waals surface area contributed by atoms with Crippen LogP contribution < -0.4 is 0 Å². The van der Waals surface area contributed by atoms with Gasteiger partial charge in [-0.1, -0.05) is 13.8 Å². The fourth-order valence-electron chi connectivity index (χ4n) is 2.22. The number of allylic oxidation sites excluding steroid dienone is 1. The third kappa shape index (κ3) is 2.21. The Morgan fingerprint density at radius 1 is 1.41 bits per heavy atom. The quantitative estimate of drug-likeness (QED) is 0.816. The van der Waals surface area contributed by atoms with Gasteiger partial charge in [-0.25, -0.2) is 0 Å². The molecule has 2 rings (SSSR count). The van der Waals surface area contributed by atoms with Gasteiger partial charge >= 0.3 is 0 Å². The molecular formula is C14H18O2S. The van der Waals surface area contributed by atoms with Gasteiger partial charge in [0.05, 0.1) is 6.26 Å². The molecule has 0 aliphatic carbocycles. The zero-order chi connectivity index (χ0) is 12.4. The SMILES string of the molecule is CCC(=O)C1=C(C)c2coc(CC)c2CSC1. The molecule has 0 unspecified atom stereocenters. The van der Waals surface area contributed by atoms with E-state index in [1.807, 2.05) is 31.9 Å². The minimum atomic E-state index is 0.266. The Bertz CT molecular complexity index is 469. The number of thioether (sulfide) groups is 1. The molecule has 92 valence electrons. The lowest BCUT2D eigenvalue weighted by Crippen LogP contribution is -2.04. The molecule has 0 bridgehead atoms. The van der Waals surface area contributed by atoms with Crippen molar-refractivity contribution in [3.63, 3.8) is 0 Å². The number of hydrogen-bond donors (Lipinski definition) is 0. The van der Waals surface area contributed by atoms with Crippen LogP contribution in [0.4, 0.5) is 0 Å². The molecule has 3 heteroatoms. The maximum absolute atomic E-state index is 11.9. The number of hydrogen-bond acceptors (Lipinski definition) is 3. The first-order valence-corrected chi connectivity index (χ1v) is 7.24. The predicted molar refractivity (Wildman–Crippen MR) is 72.1 cm³/mol. The number of Topliss-reactive ketones (excluding diaryl/α,β-unsaturated/α-hetero) is 1. The van der Waals surface area contributed by atoms with E-state index < -0.39 is 0 Å². The van der Waals surface area contributed by atoms with Gasteiger partial charge in [-0.15, -0.1) is 0 Å². The second kappa shape index (κ2) is 5.13. The van der Waals surface area contributed by atoms with Gasteiger partial charge in [0.2, 0.25) is 0 Å². The molecule has 2 nitrogen and oxygen atoms in total. The minimum absolute atomic E-state index is 0.266. The Morgan fingerprint density at radius 3 is 2.82 bits per heavy atom. The molecule has 0 atom stereocenters. The topological polar surface area (TPSA) is 30.2 Å². The van der Waals surface area contributed by atoms with E-state index in [0.717, 1.165) is 40.4 Å². The van der Waals surface area contributed by atoms with Crippen LogP contribution in [0.3, 0.4) is 0 Å². The summed E-state index contributed by atoms with van der Waals surface area (Å²) in [5, 5.41) is 0. The van der Waals surface area contributed by atoms with Gasteiger partial charge < -0.3 is 4.42 Å². The smallest absolute Gasteiger partial charge is 0.159 e. The van der Waals surface area contributed by atoms with Crippen LogP contribution in [-0.2, 0) is 17.0 Å². The van der Waals surface area contributed by atoms with Crippen molar-refractivity contribution < 1.29 is 9.21 Å². The highest BCUT2D eigenvalue weighted by atomic mass is 32.2. The molecule has 0 amide bonds. The zero-order valence-electron chi connectivity index (χ0n) is 10.6. The van der Waals surface area contributed by atoms with Gasteiger partial charge in [0.25, 0.3) is 0 Å². The predicted octanol–water partition coefficient (Wildman–Crippen LogP) is 3.84. The van der Waals surface area contributed by atoms with Gasteiger partial charge in [-0.3, -0.25) is 4.79 Å². The first kappa shape index (κ1) is 12.5. The highest BCUT2D eigenvalue weighted by molar-refractivity contribution is 7.98. The molecule has 1 aliphatic heterocycles. The van der Waals surface area contributed by atoms with Crippen LogP contribution in [0.2, 0.25) is 0 Å². The van der Waals surface area contributed by atoms with Crippen molar-refractivity contribution in [2.24, 2.45) is 0 Å². The molecule has 0 N–H and O–H groups in total. The minimum Gasteiger partial charge on any atom is -0.468 e. The number of carbonyl (C=O) groups excluding carboxylic acids is 1. The zero-order valence-corrected chi connectivity index (χ0v) is 11.4. The van der Waals surface area contributed by atoms with E-state index >= 15 is 0 Å². The molecular weight excluding hydrogens is 232 g/mol. The van der Waals surface area contributed by atoms with Gasteiger partial charge in [0, 0.05) is 41.0 Å². The van der Waals surface area contributed by atoms with Crippen LogP contribution in [0.1, 0.15) is 44.1 Å². The summed E-state index contributed by atoms with van der Waals surface area (Å²) in [6.45, 7) is 6.07. The summed E-state index contributed by atoms with van der Waals surface area (Å²) in [4.78, 5) is 11.9. The fraction of sp³-hybridized carbons (Fsp3) is 0.500. The molecule has 0 aromatic carbocycles. The molecule has 0 saturated carbocycles. The van der Waals surface area contributed by atoms with Crippen LogP contribution >= 0.6 is 11.8 Å².